The van der Waals surface area contributed by atoms with Crippen LogP contribution >= 0.6 is 0 Å². The molecule has 36 heavy (non-hydrogen) atoms. The number of nitro groups is 1. The van der Waals surface area contributed by atoms with E-state index in [0.717, 1.165) is 6.07 Å². The van der Waals surface area contributed by atoms with Gasteiger partial charge in [-0.05, 0) is 55.0 Å². The second kappa shape index (κ2) is 11.2. The molecule has 0 radical (unpaired) electrons. The van der Waals surface area contributed by atoms with Crippen molar-refractivity contribution in [2.24, 2.45) is 5.10 Å². The molecule has 0 bridgehead atoms. The third-order valence-electron chi connectivity index (χ3n) is 4.67. The lowest BCUT2D eigenvalue weighted by atomic mass is 10.2. The van der Waals surface area contributed by atoms with E-state index in [9.17, 15) is 28.1 Å². The number of nitro benzene ring substituents is 1. The van der Waals surface area contributed by atoms with Crippen LogP contribution in [0.1, 0.15) is 28.4 Å². The van der Waals surface area contributed by atoms with Gasteiger partial charge in [-0.2, -0.15) is 18.3 Å². The van der Waals surface area contributed by atoms with Gasteiger partial charge in [0, 0.05) is 11.6 Å². The Morgan fingerprint density at radius 3 is 2.50 bits per heavy atom. The predicted molar refractivity (Wildman–Crippen MR) is 124 cm³/mol. The third kappa shape index (κ3) is 6.50. The van der Waals surface area contributed by atoms with Gasteiger partial charge < -0.3 is 14.2 Å². The molecule has 3 rings (SSSR count). The van der Waals surface area contributed by atoms with Crippen LogP contribution in [-0.4, -0.2) is 30.8 Å². The number of hydrazone groups is 1. The molecule has 12 heteroatoms. The molecule has 0 aliphatic rings. The van der Waals surface area contributed by atoms with Crippen molar-refractivity contribution in [3.05, 3.63) is 87.5 Å². The van der Waals surface area contributed by atoms with Gasteiger partial charge in [-0.15, -0.1) is 0 Å². The van der Waals surface area contributed by atoms with Crippen LogP contribution in [0.3, 0.4) is 0 Å². The summed E-state index contributed by atoms with van der Waals surface area (Å²) < 4.78 is 54.8. The molecular formula is C24H20F3N3O6. The number of ether oxygens (including phenoxy) is 3. The second-order valence-corrected chi connectivity index (χ2v) is 7.11. The topological polar surface area (TPSA) is 112 Å². The molecule has 188 valence electrons. The average molecular weight is 503 g/mol. The van der Waals surface area contributed by atoms with Gasteiger partial charge in [-0.3, -0.25) is 14.9 Å². The molecule has 3 aromatic carbocycles. The lowest BCUT2D eigenvalue weighted by molar-refractivity contribution is -0.385. The number of nitrogens with zero attached hydrogens (tertiary/aromatic N) is 2. The maximum Gasteiger partial charge on any atom is 0.416 e. The van der Waals surface area contributed by atoms with Crippen LogP contribution < -0.4 is 19.6 Å². The summed E-state index contributed by atoms with van der Waals surface area (Å²) in [4.78, 5) is 22.7. The highest BCUT2D eigenvalue weighted by Crippen LogP contribution is 2.37. The fourth-order valence-electron chi connectivity index (χ4n) is 3.02. The van der Waals surface area contributed by atoms with Gasteiger partial charge in [-0.1, -0.05) is 12.1 Å². The van der Waals surface area contributed by atoms with Crippen molar-refractivity contribution in [1.82, 2.24) is 5.43 Å². The molecule has 0 saturated carbocycles. The van der Waals surface area contributed by atoms with Crippen molar-refractivity contribution < 1.29 is 37.1 Å². The molecule has 9 nitrogen and oxygen atoms in total. The Hall–Kier alpha value is -4.61. The standard InChI is InChI=1S/C24H20F3N3O6/c1-3-35-22-12-16(7-9-21(22)34-2)23(31)29-28-14-15-5-4-6-18(11-15)36-20-10-8-17(24(25,26)27)13-19(20)30(32)33/h4-14H,3H2,1-2H3,(H,29,31)/b28-14+. The zero-order valence-corrected chi connectivity index (χ0v) is 19.0. The number of methoxy groups -OCH3 is 1. The van der Waals surface area contributed by atoms with E-state index in [4.69, 9.17) is 14.2 Å². The Balaban J connectivity index is 1.73. The largest absolute Gasteiger partial charge is 0.493 e. The molecule has 0 unspecified atom stereocenters. The number of nitrogens with one attached hydrogen (secondary N) is 1. The van der Waals surface area contributed by atoms with E-state index >= 15 is 0 Å². The van der Waals surface area contributed by atoms with Crippen molar-refractivity contribution in [2.45, 2.75) is 13.1 Å². The zero-order chi connectivity index (χ0) is 26.3. The summed E-state index contributed by atoms with van der Waals surface area (Å²) >= 11 is 0. The zero-order valence-electron chi connectivity index (χ0n) is 19.0. The summed E-state index contributed by atoms with van der Waals surface area (Å²) in [7, 11) is 1.48. The Bertz CT molecular complexity index is 1290. The maximum atomic E-state index is 12.9. The fourth-order valence-corrected chi connectivity index (χ4v) is 3.02. The van der Waals surface area contributed by atoms with E-state index in [-0.39, 0.29) is 17.1 Å². The quantitative estimate of drug-likeness (QED) is 0.232. The van der Waals surface area contributed by atoms with Gasteiger partial charge in [0.05, 0.1) is 30.4 Å². The highest BCUT2D eigenvalue weighted by molar-refractivity contribution is 5.95. The minimum absolute atomic E-state index is 0.115. The molecule has 0 saturated heterocycles. The first kappa shape index (κ1) is 26.0. The van der Waals surface area contributed by atoms with Crippen LogP contribution in [0.5, 0.6) is 23.0 Å². The van der Waals surface area contributed by atoms with Gasteiger partial charge in [0.25, 0.3) is 5.91 Å². The van der Waals surface area contributed by atoms with Crippen molar-refractivity contribution in [2.75, 3.05) is 13.7 Å². The number of benzene rings is 3. The molecule has 0 fully saturated rings. The minimum atomic E-state index is -4.74. The molecule has 0 aromatic heterocycles. The number of hydrogen-bond acceptors (Lipinski definition) is 7. The van der Waals surface area contributed by atoms with Gasteiger partial charge >= 0.3 is 11.9 Å². The normalized spacial score (nSPS) is 11.2. The number of carbonyl (C=O) groups is 1. The van der Waals surface area contributed by atoms with E-state index < -0.39 is 28.3 Å². The van der Waals surface area contributed by atoms with Crippen molar-refractivity contribution in [3.8, 4) is 23.0 Å². The van der Waals surface area contributed by atoms with E-state index in [1.807, 2.05) is 0 Å². The summed E-state index contributed by atoms with van der Waals surface area (Å²) in [5, 5.41) is 15.1. The summed E-state index contributed by atoms with van der Waals surface area (Å²) in [6, 6.07) is 12.7. The Kier molecular flexibility index (Phi) is 8.10. The highest BCUT2D eigenvalue weighted by atomic mass is 19.4. The summed E-state index contributed by atoms with van der Waals surface area (Å²) in [6.45, 7) is 2.18. The minimum Gasteiger partial charge on any atom is -0.493 e. The van der Waals surface area contributed by atoms with Crippen LogP contribution in [0.15, 0.2) is 65.8 Å². The van der Waals surface area contributed by atoms with Crippen molar-refractivity contribution in [1.29, 1.82) is 0 Å². The molecule has 0 atom stereocenters. The lowest BCUT2D eigenvalue weighted by Crippen LogP contribution is -2.17. The fraction of sp³-hybridized carbons (Fsp3) is 0.167. The van der Waals surface area contributed by atoms with Crippen molar-refractivity contribution in [3.63, 3.8) is 0 Å². The first-order valence-electron chi connectivity index (χ1n) is 10.4. The first-order chi connectivity index (χ1) is 17.1. The molecule has 0 spiro atoms. The first-order valence-corrected chi connectivity index (χ1v) is 10.4. The molecule has 1 N–H and O–H groups in total. The lowest BCUT2D eigenvalue weighted by Gasteiger charge is -2.10. The average Bonchev–Trinajstić information content (AvgIpc) is 2.84. The van der Waals surface area contributed by atoms with E-state index in [1.54, 1.807) is 25.1 Å². The van der Waals surface area contributed by atoms with E-state index in [2.05, 4.69) is 10.5 Å². The maximum absolute atomic E-state index is 12.9. The summed E-state index contributed by atoms with van der Waals surface area (Å²) in [5.74, 6) is 0.119. The van der Waals surface area contributed by atoms with Gasteiger partial charge in [0.1, 0.15) is 5.75 Å². The van der Waals surface area contributed by atoms with Crippen LogP contribution in [0, 0.1) is 10.1 Å². The second-order valence-electron chi connectivity index (χ2n) is 7.11. The van der Waals surface area contributed by atoms with Gasteiger partial charge in [0.2, 0.25) is 5.75 Å². The van der Waals surface area contributed by atoms with Gasteiger partial charge in [-0.25, -0.2) is 5.43 Å². The Labute approximate surface area is 203 Å². The van der Waals surface area contributed by atoms with Crippen LogP contribution in [-0.2, 0) is 6.18 Å². The van der Waals surface area contributed by atoms with Crippen LogP contribution in [0.4, 0.5) is 18.9 Å². The number of rotatable bonds is 9. The summed E-state index contributed by atoms with van der Waals surface area (Å²) in [6.07, 6.45) is -3.43. The molecule has 0 aliphatic heterocycles. The predicted octanol–water partition coefficient (Wildman–Crippen LogP) is 5.58. The molecule has 1 amide bonds. The smallest absolute Gasteiger partial charge is 0.416 e. The third-order valence-corrected chi connectivity index (χ3v) is 4.67. The Morgan fingerprint density at radius 2 is 1.83 bits per heavy atom. The molecule has 0 aliphatic carbocycles. The SMILES string of the molecule is CCOc1cc(C(=O)N/N=C/c2cccc(Oc3ccc(C(F)(F)F)cc3[N+](=O)[O-])c2)ccc1OC. The van der Waals surface area contributed by atoms with Gasteiger partial charge in [0.15, 0.2) is 11.5 Å². The van der Waals surface area contributed by atoms with E-state index in [1.165, 1.54) is 37.6 Å². The molecule has 3 aromatic rings. The number of halogens is 3. The highest BCUT2D eigenvalue weighted by Gasteiger charge is 2.33. The van der Waals surface area contributed by atoms with Crippen LogP contribution in [0.2, 0.25) is 0 Å². The van der Waals surface area contributed by atoms with Crippen molar-refractivity contribution >= 4 is 17.8 Å². The summed E-state index contributed by atoms with van der Waals surface area (Å²) in [5.41, 5.74) is 1.10. The number of amides is 1. The Morgan fingerprint density at radius 1 is 1.08 bits per heavy atom. The van der Waals surface area contributed by atoms with Crippen LogP contribution in [0.25, 0.3) is 0 Å². The van der Waals surface area contributed by atoms with E-state index in [0.29, 0.717) is 35.8 Å². The number of alkyl halides is 3. The molecule has 0 heterocycles. The monoisotopic (exact) mass is 503 g/mol. The molecular weight excluding hydrogens is 483 g/mol. The number of carbonyl (C=O) groups excluding carboxylic acids is 1. The number of hydrogen-bond donors (Lipinski definition) is 1.